The average molecular weight is 341 g/mol. The van der Waals surface area contributed by atoms with E-state index < -0.39 is 0 Å². The van der Waals surface area contributed by atoms with Crippen LogP contribution in [0, 0.1) is 0 Å². The van der Waals surface area contributed by atoms with Crippen LogP contribution in [0.2, 0.25) is 5.02 Å². The lowest BCUT2D eigenvalue weighted by atomic mass is 10.2. The van der Waals surface area contributed by atoms with Gasteiger partial charge in [0, 0.05) is 28.6 Å². The summed E-state index contributed by atoms with van der Waals surface area (Å²) in [7, 11) is 0. The van der Waals surface area contributed by atoms with Crippen molar-refractivity contribution in [3.8, 4) is 0 Å². The highest BCUT2D eigenvalue weighted by Gasteiger charge is 2.19. The van der Waals surface area contributed by atoms with Gasteiger partial charge < -0.3 is 9.88 Å². The summed E-state index contributed by atoms with van der Waals surface area (Å²) in [5.41, 5.74) is 0.988. The molecule has 1 aromatic carbocycles. The van der Waals surface area contributed by atoms with Crippen LogP contribution in [-0.4, -0.2) is 9.55 Å². The van der Waals surface area contributed by atoms with E-state index >= 15 is 0 Å². The molecule has 0 radical (unpaired) electrons. The van der Waals surface area contributed by atoms with Crippen LogP contribution < -0.4 is 5.32 Å². The molecule has 19 heavy (non-hydrogen) atoms. The van der Waals surface area contributed by atoms with Gasteiger partial charge in [-0.25, -0.2) is 4.98 Å². The van der Waals surface area contributed by atoms with Gasteiger partial charge in [0.25, 0.3) is 0 Å². The van der Waals surface area contributed by atoms with E-state index in [4.69, 9.17) is 11.6 Å². The summed E-state index contributed by atoms with van der Waals surface area (Å²) in [5.74, 6) is 0.904. The van der Waals surface area contributed by atoms with Crippen LogP contribution in [0.15, 0.2) is 35.1 Å². The Hall–Kier alpha value is -1.00. The molecule has 1 aliphatic carbocycles. The highest BCUT2D eigenvalue weighted by molar-refractivity contribution is 9.10. The van der Waals surface area contributed by atoms with E-state index in [0.29, 0.717) is 11.1 Å². The molecule has 0 amide bonds. The third-order valence-corrected chi connectivity index (χ3v) is 4.78. The van der Waals surface area contributed by atoms with E-state index in [1.165, 1.54) is 25.7 Å². The fourth-order valence-electron chi connectivity index (χ4n) is 2.59. The molecule has 1 heterocycles. The molecule has 0 aliphatic heterocycles. The second-order valence-corrected chi connectivity index (χ2v) is 6.11. The summed E-state index contributed by atoms with van der Waals surface area (Å²) >= 11 is 9.44. The van der Waals surface area contributed by atoms with E-state index in [1.54, 1.807) is 0 Å². The van der Waals surface area contributed by atoms with Gasteiger partial charge in [0.15, 0.2) is 0 Å². The van der Waals surface area contributed by atoms with Crippen molar-refractivity contribution < 1.29 is 0 Å². The Morgan fingerprint density at radius 3 is 2.84 bits per heavy atom. The van der Waals surface area contributed by atoms with Gasteiger partial charge in [0.2, 0.25) is 5.95 Å². The molecule has 1 aromatic heterocycles. The summed E-state index contributed by atoms with van der Waals surface area (Å²) in [6.07, 6.45) is 9.03. The molecule has 0 bridgehead atoms. The zero-order chi connectivity index (χ0) is 13.2. The molecule has 100 valence electrons. The monoisotopic (exact) mass is 339 g/mol. The minimum atomic E-state index is 0.584. The first kappa shape index (κ1) is 13.0. The summed E-state index contributed by atoms with van der Waals surface area (Å²) in [6, 6.07) is 6.38. The Balaban J connectivity index is 1.83. The molecule has 3 nitrogen and oxygen atoms in total. The van der Waals surface area contributed by atoms with Crippen LogP contribution in [0.25, 0.3) is 0 Å². The number of hydrogen-bond donors (Lipinski definition) is 1. The van der Waals surface area contributed by atoms with Gasteiger partial charge in [-0.3, -0.25) is 0 Å². The van der Waals surface area contributed by atoms with Gasteiger partial charge in [-0.15, -0.1) is 0 Å². The minimum absolute atomic E-state index is 0.584. The third kappa shape index (κ3) is 2.79. The fourth-order valence-corrected chi connectivity index (χ4v) is 3.09. The van der Waals surface area contributed by atoms with Crippen molar-refractivity contribution in [3.63, 3.8) is 0 Å². The van der Waals surface area contributed by atoms with Gasteiger partial charge in [0.1, 0.15) is 0 Å². The van der Waals surface area contributed by atoms with Crippen LogP contribution in [0.5, 0.6) is 0 Å². The van der Waals surface area contributed by atoms with Crippen molar-refractivity contribution >= 4 is 39.2 Å². The van der Waals surface area contributed by atoms with Gasteiger partial charge in [-0.05, 0) is 47.0 Å². The molecule has 0 spiro atoms. The molecule has 2 aromatic rings. The van der Waals surface area contributed by atoms with E-state index in [-0.39, 0.29) is 0 Å². The SMILES string of the molecule is Clc1ccc(Nc2nccn2C2CCCC2)cc1Br. The lowest BCUT2D eigenvalue weighted by Gasteiger charge is -2.15. The predicted molar refractivity (Wildman–Crippen MR) is 82.2 cm³/mol. The van der Waals surface area contributed by atoms with Crippen molar-refractivity contribution in [3.05, 3.63) is 40.1 Å². The number of hydrogen-bond acceptors (Lipinski definition) is 2. The minimum Gasteiger partial charge on any atom is -0.326 e. The number of benzene rings is 1. The van der Waals surface area contributed by atoms with Crippen molar-refractivity contribution in [1.29, 1.82) is 0 Å². The maximum atomic E-state index is 6.00. The lowest BCUT2D eigenvalue weighted by Crippen LogP contribution is -2.07. The number of anilines is 2. The third-order valence-electron chi connectivity index (χ3n) is 3.56. The zero-order valence-electron chi connectivity index (χ0n) is 10.4. The summed E-state index contributed by atoms with van der Waals surface area (Å²) in [4.78, 5) is 4.41. The smallest absolute Gasteiger partial charge is 0.207 e. The van der Waals surface area contributed by atoms with Crippen molar-refractivity contribution in [2.45, 2.75) is 31.7 Å². The van der Waals surface area contributed by atoms with Crippen LogP contribution in [-0.2, 0) is 0 Å². The predicted octanol–water partition coefficient (Wildman–Crippen LogP) is 5.16. The maximum Gasteiger partial charge on any atom is 0.207 e. The molecular formula is C14H15BrClN3. The molecule has 1 saturated carbocycles. The Kier molecular flexibility index (Phi) is 3.80. The highest BCUT2D eigenvalue weighted by Crippen LogP contribution is 2.33. The second kappa shape index (κ2) is 5.55. The van der Waals surface area contributed by atoms with Crippen molar-refractivity contribution in [1.82, 2.24) is 9.55 Å². The van der Waals surface area contributed by atoms with Crippen LogP contribution >= 0.6 is 27.5 Å². The molecule has 1 fully saturated rings. The van der Waals surface area contributed by atoms with E-state index in [0.717, 1.165) is 16.1 Å². The summed E-state index contributed by atoms with van der Waals surface area (Å²) < 4.78 is 3.13. The second-order valence-electron chi connectivity index (χ2n) is 4.85. The topological polar surface area (TPSA) is 29.9 Å². The molecule has 0 atom stereocenters. The number of imidazole rings is 1. The lowest BCUT2D eigenvalue weighted by molar-refractivity contribution is 0.525. The Morgan fingerprint density at radius 2 is 2.11 bits per heavy atom. The van der Waals surface area contributed by atoms with Gasteiger partial charge in [-0.1, -0.05) is 24.4 Å². The average Bonchev–Trinajstić information content (AvgIpc) is 3.04. The molecule has 1 aliphatic rings. The maximum absolute atomic E-state index is 6.00. The molecule has 5 heteroatoms. The number of halogens is 2. The Morgan fingerprint density at radius 1 is 1.32 bits per heavy atom. The number of nitrogens with one attached hydrogen (secondary N) is 1. The fraction of sp³-hybridized carbons (Fsp3) is 0.357. The Bertz CT molecular complexity index is 576. The van der Waals surface area contributed by atoms with E-state index in [2.05, 4.69) is 37.0 Å². The largest absolute Gasteiger partial charge is 0.326 e. The van der Waals surface area contributed by atoms with Crippen LogP contribution in [0.3, 0.4) is 0 Å². The quantitative estimate of drug-likeness (QED) is 0.836. The van der Waals surface area contributed by atoms with E-state index in [1.807, 2.05) is 24.4 Å². The molecule has 3 rings (SSSR count). The highest BCUT2D eigenvalue weighted by atomic mass is 79.9. The molecule has 1 N–H and O–H groups in total. The zero-order valence-corrected chi connectivity index (χ0v) is 12.8. The molecule has 0 unspecified atom stereocenters. The number of nitrogens with zero attached hydrogens (tertiary/aromatic N) is 2. The first-order valence-electron chi connectivity index (χ1n) is 6.49. The van der Waals surface area contributed by atoms with Gasteiger partial charge >= 0.3 is 0 Å². The van der Waals surface area contributed by atoms with Crippen molar-refractivity contribution in [2.75, 3.05) is 5.32 Å². The van der Waals surface area contributed by atoms with Crippen molar-refractivity contribution in [2.24, 2.45) is 0 Å². The van der Waals surface area contributed by atoms with Crippen LogP contribution in [0.4, 0.5) is 11.6 Å². The summed E-state index contributed by atoms with van der Waals surface area (Å²) in [5, 5.41) is 4.07. The standard InChI is InChI=1S/C14H15BrClN3/c15-12-9-10(5-6-13(12)16)18-14-17-7-8-19(14)11-3-1-2-4-11/h5-9,11H,1-4H2,(H,17,18). The van der Waals surface area contributed by atoms with E-state index in [9.17, 15) is 0 Å². The number of rotatable bonds is 3. The summed E-state index contributed by atoms with van der Waals surface area (Å²) in [6.45, 7) is 0. The first-order valence-corrected chi connectivity index (χ1v) is 7.66. The normalized spacial score (nSPS) is 15.9. The first-order chi connectivity index (χ1) is 9.24. The van der Waals surface area contributed by atoms with Gasteiger partial charge in [0.05, 0.1) is 5.02 Å². The Labute approximate surface area is 126 Å². The molecule has 0 saturated heterocycles. The van der Waals surface area contributed by atoms with Crippen LogP contribution in [0.1, 0.15) is 31.7 Å². The molecular weight excluding hydrogens is 326 g/mol. The number of aromatic nitrogens is 2. The van der Waals surface area contributed by atoms with Gasteiger partial charge in [-0.2, -0.15) is 0 Å².